The number of hydrogen-bond acceptors (Lipinski definition) is 3. The van der Waals surface area contributed by atoms with Gasteiger partial charge in [0.25, 0.3) is 0 Å². The molecule has 0 radical (unpaired) electrons. The summed E-state index contributed by atoms with van der Waals surface area (Å²) >= 11 is 5.96. The lowest BCUT2D eigenvalue weighted by Gasteiger charge is -2.05. The molecule has 0 atom stereocenters. The number of carbonyl (C=O) groups is 2. The van der Waals surface area contributed by atoms with E-state index in [1.54, 1.807) is 25.2 Å². The summed E-state index contributed by atoms with van der Waals surface area (Å²) in [6, 6.07) is 6.07. The number of halogens is 1. The Labute approximate surface area is 114 Å². The molecular formula is C13H11ClN2O3. The fourth-order valence-corrected chi connectivity index (χ4v) is 2.09. The molecule has 0 fully saturated rings. The molecule has 2 aromatic rings. The zero-order valence-corrected chi connectivity index (χ0v) is 10.8. The minimum atomic E-state index is -1.10. The van der Waals surface area contributed by atoms with Crippen LogP contribution in [0.15, 0.2) is 30.5 Å². The molecule has 0 saturated carbocycles. The fourth-order valence-electron chi connectivity index (χ4n) is 1.83. The number of aromatic carboxylic acids is 1. The van der Waals surface area contributed by atoms with E-state index in [1.807, 2.05) is 0 Å². The number of hydrogen-bond donors (Lipinski definition) is 2. The summed E-state index contributed by atoms with van der Waals surface area (Å²) in [5, 5.41) is 9.20. The van der Waals surface area contributed by atoms with Crippen LogP contribution >= 0.6 is 11.6 Å². The van der Waals surface area contributed by atoms with Crippen molar-refractivity contribution in [3.05, 3.63) is 52.3 Å². The molecule has 1 aromatic carbocycles. The van der Waals surface area contributed by atoms with Gasteiger partial charge < -0.3 is 15.4 Å². The van der Waals surface area contributed by atoms with Gasteiger partial charge in [0, 0.05) is 24.5 Å². The zero-order valence-electron chi connectivity index (χ0n) is 10.1. The predicted octanol–water partition coefficient (Wildman–Crippen LogP) is 2.19. The molecule has 0 bridgehead atoms. The van der Waals surface area contributed by atoms with Gasteiger partial charge >= 0.3 is 5.97 Å². The van der Waals surface area contributed by atoms with Crippen molar-refractivity contribution in [2.24, 2.45) is 7.05 Å². The molecule has 19 heavy (non-hydrogen) atoms. The minimum absolute atomic E-state index is 0.0222. The van der Waals surface area contributed by atoms with Crippen LogP contribution in [0.2, 0.25) is 5.02 Å². The number of carbonyl (C=O) groups excluding carboxylic acids is 1. The number of aromatic nitrogens is 1. The van der Waals surface area contributed by atoms with Crippen LogP contribution < -0.4 is 5.73 Å². The van der Waals surface area contributed by atoms with E-state index in [4.69, 9.17) is 22.4 Å². The van der Waals surface area contributed by atoms with E-state index in [0.29, 0.717) is 0 Å². The van der Waals surface area contributed by atoms with Gasteiger partial charge in [0.2, 0.25) is 0 Å². The van der Waals surface area contributed by atoms with Gasteiger partial charge in [-0.25, -0.2) is 4.79 Å². The second kappa shape index (κ2) is 4.78. The molecule has 5 nitrogen and oxygen atoms in total. The minimum Gasteiger partial charge on any atom is -0.477 e. The Kier molecular flexibility index (Phi) is 3.31. The average molecular weight is 279 g/mol. The van der Waals surface area contributed by atoms with Gasteiger partial charge in [-0.2, -0.15) is 0 Å². The lowest BCUT2D eigenvalue weighted by atomic mass is 10.0. The van der Waals surface area contributed by atoms with Gasteiger partial charge in [-0.1, -0.05) is 17.7 Å². The van der Waals surface area contributed by atoms with E-state index in [-0.39, 0.29) is 27.5 Å². The van der Waals surface area contributed by atoms with E-state index >= 15 is 0 Å². The molecule has 1 heterocycles. The summed E-state index contributed by atoms with van der Waals surface area (Å²) in [6.07, 6.45) is 1.44. The van der Waals surface area contributed by atoms with Crippen molar-refractivity contribution >= 4 is 29.0 Å². The summed E-state index contributed by atoms with van der Waals surface area (Å²) < 4.78 is 1.36. The first-order chi connectivity index (χ1) is 8.91. The monoisotopic (exact) mass is 278 g/mol. The predicted molar refractivity (Wildman–Crippen MR) is 71.7 cm³/mol. The number of rotatable bonds is 3. The van der Waals surface area contributed by atoms with Crippen LogP contribution in [0.5, 0.6) is 0 Å². The largest absolute Gasteiger partial charge is 0.477 e. The molecule has 0 amide bonds. The third-order valence-electron chi connectivity index (χ3n) is 2.76. The number of aryl methyl sites for hydroxylation is 1. The maximum Gasteiger partial charge on any atom is 0.352 e. The number of nitrogen functional groups attached to an aromatic ring is 1. The van der Waals surface area contributed by atoms with Gasteiger partial charge in [-0.05, 0) is 18.2 Å². The Morgan fingerprint density at radius 2 is 2.05 bits per heavy atom. The Balaban J connectivity index is 2.51. The highest BCUT2D eigenvalue weighted by Gasteiger charge is 2.20. The van der Waals surface area contributed by atoms with Crippen molar-refractivity contribution in [2.45, 2.75) is 0 Å². The van der Waals surface area contributed by atoms with Crippen molar-refractivity contribution in [1.82, 2.24) is 4.57 Å². The molecule has 98 valence electrons. The van der Waals surface area contributed by atoms with Crippen LogP contribution in [0.25, 0.3) is 0 Å². The van der Waals surface area contributed by atoms with Crippen LogP contribution in [0.1, 0.15) is 26.4 Å². The highest BCUT2D eigenvalue weighted by molar-refractivity contribution is 6.35. The van der Waals surface area contributed by atoms with Gasteiger partial charge in [0.1, 0.15) is 5.69 Å². The Morgan fingerprint density at radius 1 is 1.37 bits per heavy atom. The topological polar surface area (TPSA) is 85.3 Å². The quantitative estimate of drug-likeness (QED) is 0.666. The number of nitrogens with two attached hydrogens (primary N) is 1. The number of ketones is 1. The van der Waals surface area contributed by atoms with Crippen LogP contribution in [-0.4, -0.2) is 21.4 Å². The first-order valence-electron chi connectivity index (χ1n) is 5.40. The van der Waals surface area contributed by atoms with Gasteiger partial charge in [0.15, 0.2) is 5.78 Å². The van der Waals surface area contributed by atoms with E-state index in [0.717, 1.165) is 0 Å². The SMILES string of the molecule is Cn1cc(C(=O)c2c(N)cccc2Cl)cc1C(=O)O. The van der Waals surface area contributed by atoms with Crippen LogP contribution in [-0.2, 0) is 7.05 Å². The van der Waals surface area contributed by atoms with Gasteiger partial charge in [0.05, 0.1) is 10.6 Å². The zero-order chi connectivity index (χ0) is 14.2. The maximum atomic E-state index is 12.3. The highest BCUT2D eigenvalue weighted by Crippen LogP contribution is 2.25. The summed E-state index contributed by atoms with van der Waals surface area (Å²) in [5.74, 6) is -1.50. The third kappa shape index (κ3) is 2.32. The van der Waals surface area contributed by atoms with Crippen molar-refractivity contribution in [3.8, 4) is 0 Å². The molecule has 6 heteroatoms. The lowest BCUT2D eigenvalue weighted by molar-refractivity contribution is 0.0686. The molecule has 0 saturated heterocycles. The van der Waals surface area contributed by atoms with Crippen LogP contribution in [0.3, 0.4) is 0 Å². The molecule has 0 spiro atoms. The summed E-state index contributed by atoms with van der Waals surface area (Å²) in [4.78, 5) is 23.3. The molecule has 0 aliphatic heterocycles. The van der Waals surface area contributed by atoms with E-state index in [9.17, 15) is 9.59 Å². The molecule has 0 aliphatic rings. The first-order valence-corrected chi connectivity index (χ1v) is 5.78. The van der Waals surface area contributed by atoms with Crippen LogP contribution in [0, 0.1) is 0 Å². The first kappa shape index (κ1) is 13.2. The number of benzene rings is 1. The van der Waals surface area contributed by atoms with Crippen molar-refractivity contribution in [1.29, 1.82) is 0 Å². The molecule has 3 N–H and O–H groups in total. The van der Waals surface area contributed by atoms with Crippen molar-refractivity contribution < 1.29 is 14.7 Å². The Hall–Kier alpha value is -2.27. The average Bonchev–Trinajstić information content (AvgIpc) is 2.71. The Morgan fingerprint density at radius 3 is 2.58 bits per heavy atom. The molecular weight excluding hydrogens is 268 g/mol. The Bertz CT molecular complexity index is 656. The molecule has 0 unspecified atom stereocenters. The number of anilines is 1. The van der Waals surface area contributed by atoms with E-state index < -0.39 is 11.8 Å². The number of carboxylic acid groups (broad SMARTS) is 1. The second-order valence-electron chi connectivity index (χ2n) is 4.06. The summed E-state index contributed by atoms with van der Waals surface area (Å²) in [6.45, 7) is 0. The summed E-state index contributed by atoms with van der Waals surface area (Å²) in [7, 11) is 1.55. The third-order valence-corrected chi connectivity index (χ3v) is 3.07. The maximum absolute atomic E-state index is 12.3. The molecule has 1 aromatic heterocycles. The second-order valence-corrected chi connectivity index (χ2v) is 4.47. The number of carboxylic acids is 1. The van der Waals surface area contributed by atoms with Crippen LogP contribution in [0.4, 0.5) is 5.69 Å². The lowest BCUT2D eigenvalue weighted by Crippen LogP contribution is -2.05. The van der Waals surface area contributed by atoms with Crippen molar-refractivity contribution in [3.63, 3.8) is 0 Å². The summed E-state index contributed by atoms with van der Waals surface area (Å²) in [5.41, 5.74) is 6.44. The normalized spacial score (nSPS) is 10.4. The van der Waals surface area contributed by atoms with Gasteiger partial charge in [-0.3, -0.25) is 4.79 Å². The number of nitrogens with zero attached hydrogens (tertiary/aromatic N) is 1. The van der Waals surface area contributed by atoms with Crippen molar-refractivity contribution in [2.75, 3.05) is 5.73 Å². The fraction of sp³-hybridized carbons (Fsp3) is 0.0769. The molecule has 2 rings (SSSR count). The smallest absolute Gasteiger partial charge is 0.352 e. The standard InChI is InChI=1S/C13H11ClN2O3/c1-16-6-7(5-10(16)13(18)19)12(17)11-8(14)3-2-4-9(11)15/h2-6H,15H2,1H3,(H,18,19). The van der Waals surface area contributed by atoms with E-state index in [2.05, 4.69) is 0 Å². The van der Waals surface area contributed by atoms with Gasteiger partial charge in [-0.15, -0.1) is 0 Å². The molecule has 0 aliphatic carbocycles. The van der Waals surface area contributed by atoms with E-state index in [1.165, 1.54) is 16.8 Å². The highest BCUT2D eigenvalue weighted by atomic mass is 35.5.